The lowest BCUT2D eigenvalue weighted by Gasteiger charge is -2.03. The second-order valence-corrected chi connectivity index (χ2v) is 4.74. The Morgan fingerprint density at radius 1 is 1.31 bits per heavy atom. The monoisotopic (exact) mass is 233 g/mol. The molecule has 0 bridgehead atoms. The number of hydrogen-bond donors (Lipinski definition) is 2. The molecule has 0 aliphatic heterocycles. The molecule has 3 nitrogen and oxygen atoms in total. The summed E-state index contributed by atoms with van der Waals surface area (Å²) < 4.78 is 0. The number of hydrogen-bond acceptors (Lipinski definition) is 3. The van der Waals surface area contributed by atoms with Gasteiger partial charge in [0.2, 0.25) is 0 Å². The zero-order valence-electron chi connectivity index (χ0n) is 9.45. The number of nitrogens with two attached hydrogens (primary N) is 1. The Kier molecular flexibility index (Phi) is 3.19. The first-order chi connectivity index (χ1) is 7.66. The van der Waals surface area contributed by atoms with E-state index in [0.717, 1.165) is 33.5 Å². The number of aromatic amines is 1. The Morgan fingerprint density at radius 2 is 2.06 bits per heavy atom. The van der Waals surface area contributed by atoms with E-state index in [9.17, 15) is 0 Å². The fourth-order valence-electron chi connectivity index (χ4n) is 1.56. The normalized spacial score (nSPS) is 10.6. The molecule has 1 aromatic heterocycles. The Hall–Kier alpha value is -1.42. The van der Waals surface area contributed by atoms with E-state index < -0.39 is 0 Å². The third-order valence-electron chi connectivity index (χ3n) is 2.39. The van der Waals surface area contributed by atoms with Gasteiger partial charge in [-0.1, -0.05) is 12.1 Å². The van der Waals surface area contributed by atoms with Crippen LogP contribution >= 0.6 is 11.8 Å². The predicted octanol–water partition coefficient (Wildman–Crippen LogP) is 2.90. The molecule has 16 heavy (non-hydrogen) atoms. The highest BCUT2D eigenvalue weighted by atomic mass is 32.2. The fraction of sp³-hybridized carbons (Fsp3) is 0.250. The lowest BCUT2D eigenvalue weighted by Crippen LogP contribution is -1.89. The summed E-state index contributed by atoms with van der Waals surface area (Å²) in [6.45, 7) is 4.02. The zero-order chi connectivity index (χ0) is 11.5. The topological polar surface area (TPSA) is 54.7 Å². The number of imidazole rings is 1. The first kappa shape index (κ1) is 11.1. The van der Waals surface area contributed by atoms with Crippen molar-refractivity contribution >= 4 is 17.4 Å². The summed E-state index contributed by atoms with van der Waals surface area (Å²) in [6.07, 6.45) is 0. The maximum atomic E-state index is 5.88. The molecule has 0 atom stereocenters. The van der Waals surface area contributed by atoms with Gasteiger partial charge in [0.1, 0.15) is 5.82 Å². The Balaban J connectivity index is 2.08. The maximum Gasteiger partial charge on any atom is 0.103 e. The van der Waals surface area contributed by atoms with Gasteiger partial charge in [0.05, 0.1) is 5.69 Å². The molecule has 2 aromatic rings. The van der Waals surface area contributed by atoms with Crippen LogP contribution in [0.1, 0.15) is 17.2 Å². The molecular formula is C12H15N3S. The number of thioether (sulfide) groups is 1. The van der Waals surface area contributed by atoms with Gasteiger partial charge in [0.15, 0.2) is 0 Å². The van der Waals surface area contributed by atoms with Crippen LogP contribution in [0.3, 0.4) is 0 Å². The molecule has 0 aliphatic rings. The quantitative estimate of drug-likeness (QED) is 0.633. The number of rotatable bonds is 3. The van der Waals surface area contributed by atoms with Crippen LogP contribution < -0.4 is 5.73 Å². The van der Waals surface area contributed by atoms with Gasteiger partial charge < -0.3 is 10.7 Å². The third-order valence-corrected chi connectivity index (χ3v) is 3.49. The largest absolute Gasteiger partial charge is 0.398 e. The molecule has 2 rings (SSSR count). The van der Waals surface area contributed by atoms with Crippen LogP contribution in [0.4, 0.5) is 5.69 Å². The average Bonchev–Trinajstić information content (AvgIpc) is 2.56. The number of aromatic nitrogens is 2. The molecule has 0 spiro atoms. The van der Waals surface area contributed by atoms with Gasteiger partial charge in [-0.25, -0.2) is 4.98 Å². The van der Waals surface area contributed by atoms with Gasteiger partial charge in [0, 0.05) is 22.0 Å². The van der Waals surface area contributed by atoms with Gasteiger partial charge >= 0.3 is 0 Å². The summed E-state index contributed by atoms with van der Waals surface area (Å²) in [5.41, 5.74) is 8.95. The van der Waals surface area contributed by atoms with Crippen molar-refractivity contribution in [2.75, 3.05) is 5.73 Å². The number of nitrogen functional groups attached to an aromatic ring is 1. The van der Waals surface area contributed by atoms with E-state index in [-0.39, 0.29) is 0 Å². The molecule has 3 N–H and O–H groups in total. The summed E-state index contributed by atoms with van der Waals surface area (Å²) in [5.74, 6) is 1.82. The summed E-state index contributed by atoms with van der Waals surface area (Å²) in [5, 5.41) is 0. The van der Waals surface area contributed by atoms with E-state index in [2.05, 4.69) is 9.97 Å². The van der Waals surface area contributed by atoms with Crippen molar-refractivity contribution < 1.29 is 0 Å². The lowest BCUT2D eigenvalue weighted by atomic mass is 10.3. The SMILES string of the molecule is Cc1nc(CSc2ccccc2N)c(C)[nH]1. The van der Waals surface area contributed by atoms with Crippen LogP contribution in [-0.2, 0) is 5.75 Å². The number of anilines is 1. The summed E-state index contributed by atoms with van der Waals surface area (Å²) in [4.78, 5) is 8.75. The van der Waals surface area contributed by atoms with E-state index in [0.29, 0.717) is 0 Å². The van der Waals surface area contributed by atoms with E-state index in [1.807, 2.05) is 38.1 Å². The molecular weight excluding hydrogens is 218 g/mol. The van der Waals surface area contributed by atoms with Crippen LogP contribution in [0, 0.1) is 13.8 Å². The lowest BCUT2D eigenvalue weighted by molar-refractivity contribution is 1.12. The first-order valence-electron chi connectivity index (χ1n) is 5.16. The molecule has 0 radical (unpaired) electrons. The van der Waals surface area contributed by atoms with E-state index in [1.54, 1.807) is 11.8 Å². The van der Waals surface area contributed by atoms with E-state index >= 15 is 0 Å². The molecule has 0 fully saturated rings. The molecule has 0 aliphatic carbocycles. The highest BCUT2D eigenvalue weighted by molar-refractivity contribution is 7.98. The fourth-order valence-corrected chi connectivity index (χ4v) is 2.54. The van der Waals surface area contributed by atoms with Gasteiger partial charge in [-0.05, 0) is 26.0 Å². The van der Waals surface area contributed by atoms with Crippen molar-refractivity contribution in [3.63, 3.8) is 0 Å². The molecule has 1 heterocycles. The van der Waals surface area contributed by atoms with Crippen molar-refractivity contribution in [1.29, 1.82) is 0 Å². The average molecular weight is 233 g/mol. The van der Waals surface area contributed by atoms with Crippen LogP contribution in [0.15, 0.2) is 29.2 Å². The second-order valence-electron chi connectivity index (χ2n) is 3.72. The summed E-state index contributed by atoms with van der Waals surface area (Å²) >= 11 is 1.72. The van der Waals surface area contributed by atoms with Crippen molar-refractivity contribution in [1.82, 2.24) is 9.97 Å². The van der Waals surface area contributed by atoms with Crippen LogP contribution in [-0.4, -0.2) is 9.97 Å². The maximum absolute atomic E-state index is 5.88. The molecule has 0 saturated carbocycles. The molecule has 0 saturated heterocycles. The first-order valence-corrected chi connectivity index (χ1v) is 6.15. The van der Waals surface area contributed by atoms with Crippen LogP contribution in [0.25, 0.3) is 0 Å². The molecule has 0 amide bonds. The standard InChI is InChI=1S/C12H15N3S/c1-8-11(15-9(2)14-8)7-16-12-6-4-3-5-10(12)13/h3-6H,7,13H2,1-2H3,(H,14,15). The van der Waals surface area contributed by atoms with Crippen molar-refractivity contribution in [2.45, 2.75) is 24.5 Å². The van der Waals surface area contributed by atoms with Crippen molar-refractivity contribution in [2.24, 2.45) is 0 Å². The van der Waals surface area contributed by atoms with Crippen LogP contribution in [0.2, 0.25) is 0 Å². The summed E-state index contributed by atoms with van der Waals surface area (Å²) in [6, 6.07) is 7.91. The van der Waals surface area contributed by atoms with Gasteiger partial charge in [-0.15, -0.1) is 11.8 Å². The highest BCUT2D eigenvalue weighted by Crippen LogP contribution is 2.27. The zero-order valence-corrected chi connectivity index (χ0v) is 10.3. The minimum atomic E-state index is 0.831. The smallest absolute Gasteiger partial charge is 0.103 e. The van der Waals surface area contributed by atoms with Crippen molar-refractivity contribution in [3.05, 3.63) is 41.5 Å². The van der Waals surface area contributed by atoms with Crippen LogP contribution in [0.5, 0.6) is 0 Å². The Labute approximate surface area is 99.5 Å². The Bertz CT molecular complexity index is 491. The minimum absolute atomic E-state index is 0.831. The number of H-pyrrole nitrogens is 1. The minimum Gasteiger partial charge on any atom is -0.398 e. The van der Waals surface area contributed by atoms with Gasteiger partial charge in [-0.2, -0.15) is 0 Å². The van der Waals surface area contributed by atoms with Gasteiger partial charge in [0.25, 0.3) is 0 Å². The molecule has 1 aromatic carbocycles. The molecule has 84 valence electrons. The number of nitrogens with zero attached hydrogens (tertiary/aromatic N) is 1. The molecule has 0 unspecified atom stereocenters. The summed E-state index contributed by atoms with van der Waals surface area (Å²) in [7, 11) is 0. The number of nitrogens with one attached hydrogen (secondary N) is 1. The Morgan fingerprint density at radius 3 is 2.69 bits per heavy atom. The second kappa shape index (κ2) is 4.61. The molecule has 4 heteroatoms. The van der Waals surface area contributed by atoms with Crippen molar-refractivity contribution in [3.8, 4) is 0 Å². The van der Waals surface area contributed by atoms with Gasteiger partial charge in [-0.3, -0.25) is 0 Å². The van der Waals surface area contributed by atoms with E-state index in [1.165, 1.54) is 0 Å². The third kappa shape index (κ3) is 2.39. The number of benzene rings is 1. The number of para-hydroxylation sites is 1. The highest BCUT2D eigenvalue weighted by Gasteiger charge is 2.05. The van der Waals surface area contributed by atoms with E-state index in [4.69, 9.17) is 5.73 Å². The number of aryl methyl sites for hydroxylation is 2. The predicted molar refractivity (Wildman–Crippen MR) is 68.5 cm³/mol.